The van der Waals surface area contributed by atoms with Gasteiger partial charge in [0.25, 0.3) is 0 Å². The van der Waals surface area contributed by atoms with Crippen LogP contribution < -0.4 is 0 Å². The van der Waals surface area contributed by atoms with E-state index in [1.54, 1.807) is 0 Å². The van der Waals surface area contributed by atoms with Gasteiger partial charge in [-0.1, -0.05) is 33.6 Å². The number of hydrogen-bond donors (Lipinski definition) is 0. The van der Waals surface area contributed by atoms with Gasteiger partial charge < -0.3 is 4.55 Å². The normalized spacial score (nSPS) is 13.2. The van der Waals surface area contributed by atoms with Crippen LogP contribution in [0.3, 0.4) is 0 Å². The SMILES string of the molecule is CCC(C)(C)CCCCS(=O)(=O)[O-]. The third kappa shape index (κ3) is 8.25. The molecule has 0 aliphatic heterocycles. The molecule has 0 aromatic heterocycles. The molecule has 0 atom stereocenters. The van der Waals surface area contributed by atoms with Crippen LogP contribution in [0.5, 0.6) is 0 Å². The van der Waals surface area contributed by atoms with Gasteiger partial charge in [0.15, 0.2) is 0 Å². The average molecular weight is 207 g/mol. The lowest BCUT2D eigenvalue weighted by Crippen LogP contribution is -2.10. The summed E-state index contributed by atoms with van der Waals surface area (Å²) in [6.45, 7) is 6.42. The van der Waals surface area contributed by atoms with E-state index >= 15 is 0 Å². The van der Waals surface area contributed by atoms with Crippen molar-refractivity contribution in [2.75, 3.05) is 5.75 Å². The Morgan fingerprint density at radius 3 is 2.15 bits per heavy atom. The molecule has 0 radical (unpaired) electrons. The zero-order chi connectivity index (χ0) is 10.5. The largest absolute Gasteiger partial charge is 0.748 e. The molecule has 0 bridgehead atoms. The van der Waals surface area contributed by atoms with Gasteiger partial charge in [0.05, 0.1) is 10.1 Å². The van der Waals surface area contributed by atoms with Gasteiger partial charge in [-0.15, -0.1) is 0 Å². The van der Waals surface area contributed by atoms with Crippen LogP contribution in [0.2, 0.25) is 0 Å². The predicted octanol–water partition coefficient (Wildman–Crippen LogP) is 2.14. The molecular weight excluding hydrogens is 188 g/mol. The van der Waals surface area contributed by atoms with Crippen LogP contribution in [-0.4, -0.2) is 18.7 Å². The summed E-state index contributed by atoms with van der Waals surface area (Å²) in [5.41, 5.74) is 0.270. The summed E-state index contributed by atoms with van der Waals surface area (Å²) in [7, 11) is -4.00. The Hall–Kier alpha value is -0.0900. The zero-order valence-electron chi connectivity index (χ0n) is 8.67. The van der Waals surface area contributed by atoms with Gasteiger partial charge >= 0.3 is 0 Å². The van der Waals surface area contributed by atoms with E-state index in [1.165, 1.54) is 0 Å². The summed E-state index contributed by atoms with van der Waals surface area (Å²) in [5, 5.41) is 0. The van der Waals surface area contributed by atoms with Gasteiger partial charge in [-0.2, -0.15) is 0 Å². The smallest absolute Gasteiger partial charge is 0.0945 e. The third-order valence-corrected chi connectivity index (χ3v) is 3.24. The van der Waals surface area contributed by atoms with Gasteiger partial charge in [0.1, 0.15) is 0 Å². The maximum Gasteiger partial charge on any atom is 0.0945 e. The van der Waals surface area contributed by atoms with E-state index in [9.17, 15) is 13.0 Å². The minimum atomic E-state index is -4.00. The molecule has 0 saturated heterocycles. The van der Waals surface area contributed by atoms with Crippen molar-refractivity contribution in [1.29, 1.82) is 0 Å². The van der Waals surface area contributed by atoms with E-state index in [-0.39, 0.29) is 11.2 Å². The van der Waals surface area contributed by atoms with Crippen molar-refractivity contribution in [3.8, 4) is 0 Å². The van der Waals surface area contributed by atoms with Gasteiger partial charge in [0.2, 0.25) is 0 Å². The lowest BCUT2D eigenvalue weighted by molar-refractivity contribution is 0.311. The fourth-order valence-electron chi connectivity index (χ4n) is 1.06. The van der Waals surface area contributed by atoms with Crippen LogP contribution in [0.15, 0.2) is 0 Å². The van der Waals surface area contributed by atoms with Crippen LogP contribution in [0.1, 0.15) is 46.5 Å². The zero-order valence-corrected chi connectivity index (χ0v) is 9.49. The molecule has 3 nitrogen and oxygen atoms in total. The minimum absolute atomic E-state index is 0.215. The first-order chi connectivity index (χ1) is 5.77. The number of rotatable bonds is 6. The molecule has 0 aliphatic rings. The van der Waals surface area contributed by atoms with E-state index in [4.69, 9.17) is 0 Å². The monoisotopic (exact) mass is 207 g/mol. The summed E-state index contributed by atoms with van der Waals surface area (Å²) in [6, 6.07) is 0. The maximum atomic E-state index is 10.3. The highest BCUT2D eigenvalue weighted by molar-refractivity contribution is 7.85. The molecule has 0 unspecified atom stereocenters. The van der Waals surface area contributed by atoms with Crippen molar-refractivity contribution in [1.82, 2.24) is 0 Å². The molecular formula is C9H19O3S-. The Labute approximate surface area is 81.3 Å². The van der Waals surface area contributed by atoms with E-state index in [0.29, 0.717) is 6.42 Å². The second kappa shape index (κ2) is 4.96. The lowest BCUT2D eigenvalue weighted by atomic mass is 9.85. The first-order valence-electron chi connectivity index (χ1n) is 4.70. The molecule has 0 spiro atoms. The van der Waals surface area contributed by atoms with E-state index in [1.807, 2.05) is 0 Å². The van der Waals surface area contributed by atoms with Gasteiger partial charge in [0, 0.05) is 5.75 Å². The van der Waals surface area contributed by atoms with Gasteiger partial charge in [-0.3, -0.25) is 0 Å². The Bertz CT molecular complexity index is 229. The first-order valence-corrected chi connectivity index (χ1v) is 6.28. The highest BCUT2D eigenvalue weighted by atomic mass is 32.2. The van der Waals surface area contributed by atoms with Crippen LogP contribution in [0.4, 0.5) is 0 Å². The second-order valence-electron chi connectivity index (χ2n) is 4.24. The van der Waals surface area contributed by atoms with Crippen LogP contribution >= 0.6 is 0 Å². The van der Waals surface area contributed by atoms with Crippen molar-refractivity contribution >= 4 is 10.1 Å². The Morgan fingerprint density at radius 2 is 1.77 bits per heavy atom. The highest BCUT2D eigenvalue weighted by Gasteiger charge is 2.13. The van der Waals surface area contributed by atoms with Crippen LogP contribution in [0, 0.1) is 5.41 Å². The predicted molar refractivity (Wildman–Crippen MR) is 52.5 cm³/mol. The van der Waals surface area contributed by atoms with Crippen LogP contribution in [-0.2, 0) is 10.1 Å². The maximum absolute atomic E-state index is 10.3. The summed E-state index contributed by atoms with van der Waals surface area (Å²) < 4.78 is 30.8. The summed E-state index contributed by atoms with van der Waals surface area (Å²) in [4.78, 5) is 0. The molecule has 80 valence electrons. The molecule has 0 aromatic rings. The summed E-state index contributed by atoms with van der Waals surface area (Å²) in [5.74, 6) is -0.215. The van der Waals surface area contributed by atoms with E-state index in [2.05, 4.69) is 20.8 Å². The molecule has 4 heteroatoms. The summed E-state index contributed by atoms with van der Waals surface area (Å²) in [6.07, 6.45) is 3.38. The third-order valence-electron chi connectivity index (χ3n) is 2.45. The molecule has 13 heavy (non-hydrogen) atoms. The first kappa shape index (κ1) is 12.9. The molecule has 0 aromatic carbocycles. The van der Waals surface area contributed by atoms with E-state index < -0.39 is 10.1 Å². The van der Waals surface area contributed by atoms with Gasteiger partial charge in [-0.25, -0.2) is 8.42 Å². The van der Waals surface area contributed by atoms with Crippen molar-refractivity contribution in [3.63, 3.8) is 0 Å². The molecule has 0 N–H and O–H groups in total. The van der Waals surface area contributed by atoms with Crippen molar-refractivity contribution in [2.45, 2.75) is 46.5 Å². The van der Waals surface area contributed by atoms with Crippen molar-refractivity contribution in [2.24, 2.45) is 5.41 Å². The second-order valence-corrected chi connectivity index (χ2v) is 5.76. The van der Waals surface area contributed by atoms with Crippen molar-refractivity contribution < 1.29 is 13.0 Å². The van der Waals surface area contributed by atoms with Crippen molar-refractivity contribution in [3.05, 3.63) is 0 Å². The molecule has 0 amide bonds. The van der Waals surface area contributed by atoms with Crippen LogP contribution in [0.25, 0.3) is 0 Å². The molecule has 0 aliphatic carbocycles. The Balaban J connectivity index is 3.58. The standard InChI is InChI=1S/C9H20O3S/c1-4-9(2,3)7-5-6-8-13(10,11)12/h4-8H2,1-3H3,(H,10,11,12)/p-1. The topological polar surface area (TPSA) is 57.2 Å². The Morgan fingerprint density at radius 1 is 1.23 bits per heavy atom. The quantitative estimate of drug-likeness (QED) is 0.495. The summed E-state index contributed by atoms with van der Waals surface area (Å²) >= 11 is 0. The Kier molecular flexibility index (Phi) is 4.92. The fourth-order valence-corrected chi connectivity index (χ4v) is 1.62. The lowest BCUT2D eigenvalue weighted by Gasteiger charge is -2.22. The average Bonchev–Trinajstić information content (AvgIpc) is 1.97. The molecule has 0 rings (SSSR count). The number of unbranched alkanes of at least 4 members (excludes halogenated alkanes) is 1. The molecule has 0 saturated carbocycles. The molecule has 0 fully saturated rings. The highest BCUT2D eigenvalue weighted by Crippen LogP contribution is 2.26. The van der Waals surface area contributed by atoms with Gasteiger partial charge in [-0.05, 0) is 18.3 Å². The fraction of sp³-hybridized carbons (Fsp3) is 1.00. The van der Waals surface area contributed by atoms with E-state index in [0.717, 1.165) is 19.3 Å². The minimum Gasteiger partial charge on any atom is -0.748 e. The molecule has 0 heterocycles. The number of hydrogen-bond acceptors (Lipinski definition) is 3.